The van der Waals surface area contributed by atoms with Crippen molar-refractivity contribution in [3.8, 4) is 0 Å². The summed E-state index contributed by atoms with van der Waals surface area (Å²) in [4.78, 5) is 40.5. The van der Waals surface area contributed by atoms with Gasteiger partial charge in [0.1, 0.15) is 0 Å². The number of rotatable bonds is 5. The lowest BCUT2D eigenvalue weighted by molar-refractivity contribution is -0.134. The van der Waals surface area contributed by atoms with Crippen molar-refractivity contribution in [2.24, 2.45) is 5.92 Å². The van der Waals surface area contributed by atoms with Crippen LogP contribution in [0.25, 0.3) is 0 Å². The van der Waals surface area contributed by atoms with E-state index in [1.165, 1.54) is 23.3 Å². The lowest BCUT2D eigenvalue weighted by atomic mass is 9.97. The Balaban J connectivity index is 1.50. The highest BCUT2D eigenvalue weighted by atomic mass is 32.1. The minimum absolute atomic E-state index is 0.0104. The third kappa shape index (κ3) is 4.44. The highest BCUT2D eigenvalue weighted by Crippen LogP contribution is 2.29. The number of nitrogens with zero attached hydrogens (tertiary/aromatic N) is 1. The van der Waals surface area contributed by atoms with Gasteiger partial charge in [-0.2, -0.15) is 0 Å². The van der Waals surface area contributed by atoms with E-state index in [4.69, 9.17) is 0 Å². The summed E-state index contributed by atoms with van der Waals surface area (Å²) in [6, 6.07) is 1.98. The van der Waals surface area contributed by atoms with Crippen molar-refractivity contribution < 1.29 is 14.4 Å². The standard InChI is InChI=1S/C19H27N3O3S/c1-2-20-18(24)14-7-5-9-22(12-14)17(23)11-21-19(25)16-10-13-6-3-4-8-15(13)26-16/h10,14H,2-9,11-12H2,1H3,(H,20,24)(H,21,25)/t14-/m1/s1. The van der Waals surface area contributed by atoms with Crippen molar-refractivity contribution >= 4 is 29.1 Å². The monoisotopic (exact) mass is 377 g/mol. The minimum atomic E-state index is -0.171. The van der Waals surface area contributed by atoms with E-state index in [0.29, 0.717) is 24.5 Å². The maximum Gasteiger partial charge on any atom is 0.261 e. The number of piperidine rings is 1. The molecule has 1 aliphatic carbocycles. The van der Waals surface area contributed by atoms with Crippen LogP contribution in [-0.4, -0.2) is 48.8 Å². The van der Waals surface area contributed by atoms with Gasteiger partial charge in [0.05, 0.1) is 17.3 Å². The molecular formula is C19H27N3O3S. The third-order valence-corrected chi connectivity index (χ3v) is 6.35. The Hall–Kier alpha value is -1.89. The van der Waals surface area contributed by atoms with Crippen molar-refractivity contribution in [3.63, 3.8) is 0 Å². The van der Waals surface area contributed by atoms with E-state index in [1.54, 1.807) is 16.2 Å². The molecule has 2 N–H and O–H groups in total. The fourth-order valence-electron chi connectivity index (χ4n) is 3.69. The molecule has 0 spiro atoms. The summed E-state index contributed by atoms with van der Waals surface area (Å²) in [5, 5.41) is 5.58. The molecule has 1 aromatic rings. The van der Waals surface area contributed by atoms with E-state index in [2.05, 4.69) is 10.6 Å². The predicted molar refractivity (Wildman–Crippen MR) is 101 cm³/mol. The SMILES string of the molecule is CCNC(=O)[C@@H]1CCCN(C(=O)CNC(=O)c2cc3c(s2)CCCC3)C1. The molecular weight excluding hydrogens is 350 g/mol. The van der Waals surface area contributed by atoms with Gasteiger partial charge in [-0.05, 0) is 57.1 Å². The van der Waals surface area contributed by atoms with Crippen LogP contribution in [0.5, 0.6) is 0 Å². The first-order chi connectivity index (χ1) is 12.6. The van der Waals surface area contributed by atoms with Crippen molar-refractivity contribution in [2.45, 2.75) is 45.4 Å². The zero-order chi connectivity index (χ0) is 18.5. The van der Waals surface area contributed by atoms with E-state index < -0.39 is 0 Å². The number of hydrogen-bond donors (Lipinski definition) is 2. The van der Waals surface area contributed by atoms with Crippen LogP contribution in [0.1, 0.15) is 52.7 Å². The molecule has 0 aromatic carbocycles. The van der Waals surface area contributed by atoms with Gasteiger partial charge in [-0.15, -0.1) is 11.3 Å². The molecule has 26 heavy (non-hydrogen) atoms. The highest BCUT2D eigenvalue weighted by Gasteiger charge is 2.28. The summed E-state index contributed by atoms with van der Waals surface area (Å²) in [5.41, 5.74) is 1.29. The molecule has 7 heteroatoms. The molecule has 2 heterocycles. The molecule has 6 nitrogen and oxygen atoms in total. The molecule has 1 saturated heterocycles. The second kappa shape index (κ2) is 8.66. The highest BCUT2D eigenvalue weighted by molar-refractivity contribution is 7.14. The van der Waals surface area contributed by atoms with E-state index in [1.807, 2.05) is 13.0 Å². The lowest BCUT2D eigenvalue weighted by Crippen LogP contribution is -2.48. The topological polar surface area (TPSA) is 78.5 Å². The molecule has 1 aliphatic heterocycles. The molecule has 2 aliphatic rings. The van der Waals surface area contributed by atoms with Gasteiger partial charge >= 0.3 is 0 Å². The summed E-state index contributed by atoms with van der Waals surface area (Å²) < 4.78 is 0. The molecule has 0 unspecified atom stereocenters. The Morgan fingerprint density at radius 2 is 2.00 bits per heavy atom. The number of carbonyl (C=O) groups is 3. The van der Waals surface area contributed by atoms with Gasteiger partial charge in [0.15, 0.2) is 0 Å². The summed E-state index contributed by atoms with van der Waals surface area (Å²) in [6.07, 6.45) is 6.11. The number of thiophene rings is 1. The molecule has 1 aromatic heterocycles. The largest absolute Gasteiger partial charge is 0.356 e. The number of nitrogens with one attached hydrogen (secondary N) is 2. The van der Waals surface area contributed by atoms with Gasteiger partial charge < -0.3 is 15.5 Å². The normalized spacial score (nSPS) is 19.6. The van der Waals surface area contributed by atoms with Crippen LogP contribution in [0.15, 0.2) is 6.07 Å². The first kappa shape index (κ1) is 18.9. The number of carbonyl (C=O) groups excluding carboxylic acids is 3. The molecule has 1 atom stereocenters. The average molecular weight is 378 g/mol. The Labute approximate surface area is 158 Å². The van der Waals surface area contributed by atoms with Crippen LogP contribution >= 0.6 is 11.3 Å². The van der Waals surface area contributed by atoms with Crippen molar-refractivity contribution in [1.29, 1.82) is 0 Å². The zero-order valence-corrected chi connectivity index (χ0v) is 16.1. The smallest absolute Gasteiger partial charge is 0.261 e. The number of fused-ring (bicyclic) bond motifs is 1. The van der Waals surface area contributed by atoms with Crippen molar-refractivity contribution in [3.05, 3.63) is 21.4 Å². The number of aryl methyl sites for hydroxylation is 2. The van der Waals surface area contributed by atoms with Crippen LogP contribution in [0.3, 0.4) is 0 Å². The van der Waals surface area contributed by atoms with Crippen LogP contribution in [0.2, 0.25) is 0 Å². The summed E-state index contributed by atoms with van der Waals surface area (Å²) >= 11 is 1.55. The maximum atomic E-state index is 12.4. The molecule has 3 rings (SSSR count). The fraction of sp³-hybridized carbons (Fsp3) is 0.632. The average Bonchev–Trinajstić information content (AvgIpc) is 3.10. The van der Waals surface area contributed by atoms with Gasteiger partial charge in [0.2, 0.25) is 11.8 Å². The molecule has 0 saturated carbocycles. The van der Waals surface area contributed by atoms with Crippen molar-refractivity contribution in [1.82, 2.24) is 15.5 Å². The van der Waals surface area contributed by atoms with Gasteiger partial charge in [-0.1, -0.05) is 0 Å². The van der Waals surface area contributed by atoms with Crippen molar-refractivity contribution in [2.75, 3.05) is 26.2 Å². The van der Waals surface area contributed by atoms with E-state index >= 15 is 0 Å². The van der Waals surface area contributed by atoms with Crippen LogP contribution < -0.4 is 10.6 Å². The number of hydrogen-bond acceptors (Lipinski definition) is 4. The number of amides is 3. The molecule has 1 fully saturated rings. The first-order valence-electron chi connectivity index (χ1n) is 9.53. The van der Waals surface area contributed by atoms with Crippen LogP contribution in [-0.2, 0) is 22.4 Å². The zero-order valence-electron chi connectivity index (χ0n) is 15.3. The Bertz CT molecular complexity index is 662. The van der Waals surface area contributed by atoms with Crippen LogP contribution in [0.4, 0.5) is 0 Å². The maximum absolute atomic E-state index is 12.4. The lowest BCUT2D eigenvalue weighted by Gasteiger charge is -2.32. The quantitative estimate of drug-likeness (QED) is 0.820. The van der Waals surface area contributed by atoms with Crippen LogP contribution in [0, 0.1) is 5.92 Å². The summed E-state index contributed by atoms with van der Waals surface area (Å²) in [6.45, 7) is 3.57. The van der Waals surface area contributed by atoms with Gasteiger partial charge in [-0.25, -0.2) is 0 Å². The summed E-state index contributed by atoms with van der Waals surface area (Å²) in [5.74, 6) is -0.422. The Morgan fingerprint density at radius 3 is 2.77 bits per heavy atom. The predicted octanol–water partition coefficient (Wildman–Crippen LogP) is 1.73. The Kier molecular flexibility index (Phi) is 6.29. The van der Waals surface area contributed by atoms with Gasteiger partial charge in [-0.3, -0.25) is 14.4 Å². The van der Waals surface area contributed by atoms with E-state index in [-0.39, 0.29) is 30.2 Å². The fourth-order valence-corrected chi connectivity index (χ4v) is 4.86. The van der Waals surface area contributed by atoms with E-state index in [0.717, 1.165) is 25.7 Å². The summed E-state index contributed by atoms with van der Waals surface area (Å²) in [7, 11) is 0. The first-order valence-corrected chi connectivity index (χ1v) is 10.4. The third-order valence-electron chi connectivity index (χ3n) is 5.12. The van der Waals surface area contributed by atoms with Gasteiger partial charge in [0.25, 0.3) is 5.91 Å². The second-order valence-corrected chi connectivity index (χ2v) is 8.16. The second-order valence-electron chi connectivity index (χ2n) is 7.02. The minimum Gasteiger partial charge on any atom is -0.356 e. The van der Waals surface area contributed by atoms with E-state index in [9.17, 15) is 14.4 Å². The van der Waals surface area contributed by atoms with Gasteiger partial charge in [0, 0.05) is 24.5 Å². The molecule has 142 valence electrons. The molecule has 0 radical (unpaired) electrons. The molecule has 3 amide bonds. The molecule has 0 bridgehead atoms. The number of likely N-dealkylation sites (tertiary alicyclic amines) is 1. The Morgan fingerprint density at radius 1 is 1.19 bits per heavy atom.